The van der Waals surface area contributed by atoms with Gasteiger partial charge in [0.15, 0.2) is 0 Å². The maximum absolute atomic E-state index is 10.0. The van der Waals surface area contributed by atoms with Gasteiger partial charge >= 0.3 is 0 Å². The van der Waals surface area contributed by atoms with Crippen LogP contribution in [-0.2, 0) is 6.42 Å². The molecule has 34 heavy (non-hydrogen) atoms. The average Bonchev–Trinajstić information content (AvgIpc) is 2.87. The Balaban J connectivity index is 1.69. The molecule has 2 heterocycles. The molecule has 6 rings (SSSR count). The highest BCUT2D eigenvalue weighted by Crippen LogP contribution is 2.48. The van der Waals surface area contributed by atoms with Crippen molar-refractivity contribution in [1.29, 1.82) is 5.26 Å². The molecule has 0 bridgehead atoms. The molecule has 0 saturated heterocycles. The summed E-state index contributed by atoms with van der Waals surface area (Å²) in [6.07, 6.45) is 1.59. The summed E-state index contributed by atoms with van der Waals surface area (Å²) in [4.78, 5) is 5.04. The van der Waals surface area contributed by atoms with E-state index in [9.17, 15) is 5.26 Å². The van der Waals surface area contributed by atoms with Crippen LogP contribution in [0, 0.1) is 11.3 Å². The Bertz CT molecular complexity index is 1550. The summed E-state index contributed by atoms with van der Waals surface area (Å²) in [7, 11) is 0. The predicted molar refractivity (Wildman–Crippen MR) is 137 cm³/mol. The van der Waals surface area contributed by atoms with Gasteiger partial charge < -0.3 is 11.1 Å². The molecule has 3 N–H and O–H groups in total. The van der Waals surface area contributed by atoms with Crippen molar-refractivity contribution in [3.05, 3.63) is 118 Å². The van der Waals surface area contributed by atoms with Gasteiger partial charge in [-0.2, -0.15) is 5.26 Å². The third-order valence-electron chi connectivity index (χ3n) is 6.73. The summed E-state index contributed by atoms with van der Waals surface area (Å²) in [5.74, 6) is 0.211. The lowest BCUT2D eigenvalue weighted by atomic mass is 9.74. The lowest BCUT2D eigenvalue weighted by Crippen LogP contribution is -2.32. The number of hydrogen-bond donors (Lipinski definition) is 2. The van der Waals surface area contributed by atoms with Crippen molar-refractivity contribution >= 4 is 28.2 Å². The highest BCUT2D eigenvalue weighted by atomic mass is 35.5. The number of dihydropyridines is 1. The first kappa shape index (κ1) is 20.5. The number of nitrogens with two attached hydrogens (primary N) is 1. The predicted octanol–water partition coefficient (Wildman–Crippen LogP) is 6.29. The van der Waals surface area contributed by atoms with Crippen LogP contribution in [0.25, 0.3) is 27.7 Å². The van der Waals surface area contributed by atoms with Crippen molar-refractivity contribution in [2.24, 2.45) is 5.73 Å². The molecule has 1 aliphatic heterocycles. The third kappa shape index (κ3) is 3.17. The fourth-order valence-corrected chi connectivity index (χ4v) is 5.45. The molecule has 4 nitrogen and oxygen atoms in total. The quantitative estimate of drug-likeness (QED) is 0.368. The second kappa shape index (κ2) is 8.06. The van der Waals surface area contributed by atoms with Crippen LogP contribution in [0.5, 0.6) is 0 Å². The van der Waals surface area contributed by atoms with E-state index in [0.29, 0.717) is 16.4 Å². The number of fused-ring (bicyclic) bond motifs is 3. The van der Waals surface area contributed by atoms with Crippen molar-refractivity contribution in [1.82, 2.24) is 10.3 Å². The lowest BCUT2D eigenvalue weighted by molar-refractivity contribution is 0.749. The van der Waals surface area contributed by atoms with Crippen molar-refractivity contribution in [2.75, 3.05) is 0 Å². The highest BCUT2D eigenvalue weighted by molar-refractivity contribution is 6.31. The number of aromatic nitrogens is 1. The molecule has 1 unspecified atom stereocenters. The summed E-state index contributed by atoms with van der Waals surface area (Å²) in [6.45, 7) is 0. The minimum Gasteiger partial charge on any atom is -0.384 e. The Hall–Kier alpha value is -4.07. The molecule has 0 saturated carbocycles. The van der Waals surface area contributed by atoms with Gasteiger partial charge in [0.1, 0.15) is 5.82 Å². The molecule has 164 valence electrons. The summed E-state index contributed by atoms with van der Waals surface area (Å²) >= 11 is 6.44. The van der Waals surface area contributed by atoms with Crippen molar-refractivity contribution in [2.45, 2.75) is 18.8 Å². The summed E-state index contributed by atoms with van der Waals surface area (Å²) in [6, 6.07) is 28.7. The Labute approximate surface area is 203 Å². The lowest BCUT2D eigenvalue weighted by Gasteiger charge is -2.35. The molecule has 1 aromatic heterocycles. The SMILES string of the molecule is N#CC1=C(N)NC2=C(CCc3nc4ccc(Cl)cc4c(-c4ccccc4)c32)C1c1ccccc1. The molecule has 4 aromatic rings. The van der Waals surface area contributed by atoms with Crippen molar-refractivity contribution in [3.63, 3.8) is 0 Å². The largest absolute Gasteiger partial charge is 0.384 e. The fourth-order valence-electron chi connectivity index (χ4n) is 5.28. The van der Waals surface area contributed by atoms with Gasteiger partial charge in [-0.15, -0.1) is 0 Å². The molecule has 0 spiro atoms. The number of nitrogens with one attached hydrogen (secondary N) is 1. The molecule has 0 amide bonds. The number of pyridine rings is 1. The van der Waals surface area contributed by atoms with E-state index in [2.05, 4.69) is 35.7 Å². The standard InChI is InChI=1S/C29H21ClN4/c30-19-11-13-23-21(15-19)26(18-9-5-2-6-10-18)27-24(33-23)14-12-20-25(17-7-3-1-4-8-17)22(16-31)29(32)34-28(20)27/h1-11,13,15,25,34H,12,14,32H2. The Kier molecular flexibility index (Phi) is 4.86. The van der Waals surface area contributed by atoms with Crippen LogP contribution in [0.4, 0.5) is 0 Å². The zero-order valence-electron chi connectivity index (χ0n) is 18.3. The summed E-state index contributed by atoms with van der Waals surface area (Å²) in [5, 5.41) is 15.1. The molecular formula is C29H21ClN4. The van der Waals surface area contributed by atoms with Crippen LogP contribution in [0.1, 0.15) is 29.2 Å². The second-order valence-electron chi connectivity index (χ2n) is 8.64. The average molecular weight is 461 g/mol. The molecule has 1 atom stereocenters. The first-order valence-corrected chi connectivity index (χ1v) is 11.7. The van der Waals surface area contributed by atoms with Gasteiger partial charge in [-0.1, -0.05) is 72.3 Å². The number of halogens is 1. The maximum Gasteiger partial charge on any atom is 0.115 e. The van der Waals surface area contributed by atoms with Gasteiger partial charge in [0.2, 0.25) is 0 Å². The van der Waals surface area contributed by atoms with E-state index in [1.54, 1.807) is 0 Å². The second-order valence-corrected chi connectivity index (χ2v) is 9.08. The minimum atomic E-state index is -0.186. The minimum absolute atomic E-state index is 0.186. The fraction of sp³-hybridized carbons (Fsp3) is 0.103. The number of nitrogens with zero attached hydrogens (tertiary/aromatic N) is 2. The molecule has 0 fully saturated rings. The molecule has 5 heteroatoms. The number of allylic oxidation sites excluding steroid dienone is 2. The van der Waals surface area contributed by atoms with E-state index in [1.807, 2.05) is 54.6 Å². The zero-order valence-corrected chi connectivity index (χ0v) is 19.1. The Morgan fingerprint density at radius 1 is 0.941 bits per heavy atom. The number of benzene rings is 3. The summed E-state index contributed by atoms with van der Waals surface area (Å²) in [5.41, 5.74) is 15.4. The maximum atomic E-state index is 10.0. The zero-order chi connectivity index (χ0) is 23.2. The molecule has 3 aromatic carbocycles. The number of nitriles is 1. The number of rotatable bonds is 2. The molecule has 0 radical (unpaired) electrons. The molecule has 2 aliphatic rings. The van der Waals surface area contributed by atoms with Gasteiger partial charge in [0, 0.05) is 33.2 Å². The van der Waals surface area contributed by atoms with E-state index in [1.165, 1.54) is 5.57 Å². The van der Waals surface area contributed by atoms with Crippen molar-refractivity contribution < 1.29 is 0 Å². The Morgan fingerprint density at radius 2 is 1.68 bits per heavy atom. The number of hydrogen-bond acceptors (Lipinski definition) is 4. The highest BCUT2D eigenvalue weighted by Gasteiger charge is 2.36. The van der Waals surface area contributed by atoms with E-state index < -0.39 is 0 Å². The van der Waals surface area contributed by atoms with Gasteiger partial charge in [-0.25, -0.2) is 0 Å². The third-order valence-corrected chi connectivity index (χ3v) is 6.96. The van der Waals surface area contributed by atoms with E-state index >= 15 is 0 Å². The van der Waals surface area contributed by atoms with Gasteiger partial charge in [0.05, 0.1) is 22.9 Å². The Morgan fingerprint density at radius 3 is 2.41 bits per heavy atom. The summed E-state index contributed by atoms with van der Waals surface area (Å²) < 4.78 is 0. The topological polar surface area (TPSA) is 74.7 Å². The van der Waals surface area contributed by atoms with E-state index in [4.69, 9.17) is 22.3 Å². The normalized spacial score (nSPS) is 17.1. The smallest absolute Gasteiger partial charge is 0.115 e. The van der Waals surface area contributed by atoms with E-state index in [0.717, 1.165) is 57.4 Å². The monoisotopic (exact) mass is 460 g/mol. The van der Waals surface area contributed by atoms with Crippen LogP contribution in [-0.4, -0.2) is 4.98 Å². The molecule has 1 aliphatic carbocycles. The van der Waals surface area contributed by atoms with Gasteiger partial charge in [0.25, 0.3) is 0 Å². The van der Waals surface area contributed by atoms with Gasteiger partial charge in [-0.3, -0.25) is 4.98 Å². The van der Waals surface area contributed by atoms with Crippen LogP contribution in [0.3, 0.4) is 0 Å². The van der Waals surface area contributed by atoms with Crippen LogP contribution in [0.15, 0.2) is 95.8 Å². The first-order chi connectivity index (χ1) is 16.7. The molecular weight excluding hydrogens is 440 g/mol. The van der Waals surface area contributed by atoms with E-state index in [-0.39, 0.29) is 5.92 Å². The van der Waals surface area contributed by atoms with Crippen LogP contribution < -0.4 is 11.1 Å². The van der Waals surface area contributed by atoms with Crippen LogP contribution >= 0.6 is 11.6 Å². The van der Waals surface area contributed by atoms with Gasteiger partial charge in [-0.05, 0) is 47.7 Å². The van der Waals surface area contributed by atoms with Crippen molar-refractivity contribution in [3.8, 4) is 17.2 Å². The van der Waals surface area contributed by atoms with Crippen LogP contribution in [0.2, 0.25) is 5.02 Å². The first-order valence-electron chi connectivity index (χ1n) is 11.3. The number of aryl methyl sites for hydroxylation is 1.